The number of imidazole rings is 1. The van der Waals surface area contributed by atoms with Gasteiger partial charge in [-0.15, -0.1) is 11.3 Å². The predicted octanol–water partition coefficient (Wildman–Crippen LogP) is 4.81. The van der Waals surface area contributed by atoms with Gasteiger partial charge in [0.05, 0.1) is 11.2 Å². The molecule has 26 heavy (non-hydrogen) atoms. The first-order chi connectivity index (χ1) is 12.9. The van der Waals surface area contributed by atoms with Crippen LogP contribution >= 0.6 is 11.3 Å². The SMILES string of the molecule is c1csc(-c2nc(COc3ccc(CCCn4ccnc4)cc3)co2)c1. The summed E-state index contributed by atoms with van der Waals surface area (Å²) in [6, 6.07) is 12.2. The van der Waals surface area contributed by atoms with E-state index in [1.807, 2.05) is 48.4 Å². The molecule has 4 rings (SSSR count). The van der Waals surface area contributed by atoms with E-state index in [1.165, 1.54) is 5.56 Å². The zero-order chi connectivity index (χ0) is 17.6. The third kappa shape index (κ3) is 4.21. The van der Waals surface area contributed by atoms with E-state index in [1.54, 1.807) is 17.6 Å². The number of thiophene rings is 1. The fraction of sp³-hybridized carbons (Fsp3) is 0.200. The van der Waals surface area contributed by atoms with Gasteiger partial charge in [-0.25, -0.2) is 9.97 Å². The summed E-state index contributed by atoms with van der Waals surface area (Å²) in [5.41, 5.74) is 2.09. The first kappa shape index (κ1) is 16.6. The lowest BCUT2D eigenvalue weighted by atomic mass is 10.1. The highest BCUT2D eigenvalue weighted by atomic mass is 32.1. The number of benzene rings is 1. The Morgan fingerprint density at radius 3 is 2.85 bits per heavy atom. The summed E-state index contributed by atoms with van der Waals surface area (Å²) in [6.45, 7) is 1.38. The second-order valence-electron chi connectivity index (χ2n) is 5.96. The largest absolute Gasteiger partial charge is 0.487 e. The van der Waals surface area contributed by atoms with Gasteiger partial charge in [0.25, 0.3) is 0 Å². The number of nitrogens with zero attached hydrogens (tertiary/aromatic N) is 3. The molecule has 0 aliphatic heterocycles. The van der Waals surface area contributed by atoms with Crippen molar-refractivity contribution in [3.05, 3.63) is 78.0 Å². The molecule has 3 heterocycles. The number of hydrogen-bond donors (Lipinski definition) is 0. The molecular formula is C20H19N3O2S. The van der Waals surface area contributed by atoms with Gasteiger partial charge in [0.15, 0.2) is 0 Å². The Kier molecular flexibility index (Phi) is 5.12. The molecule has 0 radical (unpaired) electrons. The molecule has 0 aliphatic carbocycles. The Hall–Kier alpha value is -2.86. The van der Waals surface area contributed by atoms with Crippen LogP contribution in [-0.4, -0.2) is 14.5 Å². The molecule has 4 aromatic rings. The topological polar surface area (TPSA) is 53.1 Å². The van der Waals surface area contributed by atoms with Gasteiger partial charge in [0.2, 0.25) is 5.89 Å². The van der Waals surface area contributed by atoms with Crippen molar-refractivity contribution < 1.29 is 9.15 Å². The highest BCUT2D eigenvalue weighted by Gasteiger charge is 2.08. The first-order valence-corrected chi connectivity index (χ1v) is 9.40. The van der Waals surface area contributed by atoms with Gasteiger partial charge in [-0.1, -0.05) is 18.2 Å². The van der Waals surface area contributed by atoms with E-state index in [2.05, 4.69) is 26.7 Å². The van der Waals surface area contributed by atoms with Crippen molar-refractivity contribution in [3.8, 4) is 16.5 Å². The minimum absolute atomic E-state index is 0.398. The molecule has 6 heteroatoms. The van der Waals surface area contributed by atoms with Crippen LogP contribution in [0.5, 0.6) is 5.75 Å². The van der Waals surface area contributed by atoms with Crippen molar-refractivity contribution >= 4 is 11.3 Å². The summed E-state index contributed by atoms with van der Waals surface area (Å²) in [5, 5.41) is 2.01. The molecule has 0 N–H and O–H groups in total. The molecule has 0 spiro atoms. The van der Waals surface area contributed by atoms with E-state index in [-0.39, 0.29) is 0 Å². The van der Waals surface area contributed by atoms with Crippen molar-refractivity contribution in [2.24, 2.45) is 0 Å². The van der Waals surface area contributed by atoms with Crippen molar-refractivity contribution in [2.45, 2.75) is 26.0 Å². The Labute approximate surface area is 155 Å². The normalized spacial score (nSPS) is 10.9. The van der Waals surface area contributed by atoms with Crippen LogP contribution in [0.3, 0.4) is 0 Å². The third-order valence-corrected chi connectivity index (χ3v) is 4.89. The Balaban J connectivity index is 1.26. The summed E-state index contributed by atoms with van der Waals surface area (Å²) in [5.74, 6) is 1.48. The molecular weight excluding hydrogens is 346 g/mol. The van der Waals surface area contributed by atoms with E-state index < -0.39 is 0 Å². The Morgan fingerprint density at radius 2 is 2.08 bits per heavy atom. The van der Waals surface area contributed by atoms with Crippen molar-refractivity contribution in [2.75, 3.05) is 0 Å². The Morgan fingerprint density at radius 1 is 1.15 bits per heavy atom. The number of ether oxygens (including phenoxy) is 1. The average molecular weight is 365 g/mol. The second kappa shape index (κ2) is 8.01. The molecule has 0 saturated carbocycles. The lowest BCUT2D eigenvalue weighted by Gasteiger charge is -2.06. The van der Waals surface area contributed by atoms with E-state index in [0.717, 1.165) is 35.7 Å². The highest BCUT2D eigenvalue weighted by Crippen LogP contribution is 2.24. The van der Waals surface area contributed by atoms with Crippen LogP contribution in [0.25, 0.3) is 10.8 Å². The van der Waals surface area contributed by atoms with Crippen LogP contribution in [0.15, 0.2) is 71.2 Å². The lowest BCUT2D eigenvalue weighted by Crippen LogP contribution is -1.98. The summed E-state index contributed by atoms with van der Waals surface area (Å²) >= 11 is 1.61. The van der Waals surface area contributed by atoms with Gasteiger partial charge in [0.1, 0.15) is 24.3 Å². The number of aromatic nitrogens is 3. The van der Waals surface area contributed by atoms with Crippen LogP contribution in [0.2, 0.25) is 0 Å². The fourth-order valence-electron chi connectivity index (χ4n) is 2.68. The minimum atomic E-state index is 0.398. The van der Waals surface area contributed by atoms with Crippen LogP contribution in [-0.2, 0) is 19.6 Å². The van der Waals surface area contributed by atoms with Gasteiger partial charge in [-0.05, 0) is 42.0 Å². The summed E-state index contributed by atoms with van der Waals surface area (Å²) in [4.78, 5) is 9.54. The third-order valence-electron chi connectivity index (χ3n) is 4.03. The van der Waals surface area contributed by atoms with Gasteiger partial charge in [-0.2, -0.15) is 0 Å². The van der Waals surface area contributed by atoms with E-state index in [4.69, 9.17) is 9.15 Å². The van der Waals surface area contributed by atoms with Crippen molar-refractivity contribution in [1.82, 2.24) is 14.5 Å². The van der Waals surface area contributed by atoms with Gasteiger partial charge >= 0.3 is 0 Å². The number of aryl methyl sites for hydroxylation is 2. The maximum Gasteiger partial charge on any atom is 0.236 e. The first-order valence-electron chi connectivity index (χ1n) is 8.52. The number of hydrogen-bond acceptors (Lipinski definition) is 5. The number of rotatable bonds is 8. The molecule has 0 aliphatic rings. The van der Waals surface area contributed by atoms with Crippen LogP contribution < -0.4 is 4.74 Å². The van der Waals surface area contributed by atoms with Gasteiger partial charge in [0, 0.05) is 18.9 Å². The van der Waals surface area contributed by atoms with Crippen molar-refractivity contribution in [3.63, 3.8) is 0 Å². The molecule has 0 saturated heterocycles. The monoisotopic (exact) mass is 365 g/mol. The van der Waals surface area contributed by atoms with Crippen molar-refractivity contribution in [1.29, 1.82) is 0 Å². The number of oxazole rings is 1. The zero-order valence-corrected chi connectivity index (χ0v) is 15.1. The second-order valence-corrected chi connectivity index (χ2v) is 6.91. The lowest BCUT2D eigenvalue weighted by molar-refractivity contribution is 0.301. The molecule has 0 bridgehead atoms. The molecule has 0 amide bonds. The maximum absolute atomic E-state index is 5.81. The fourth-order valence-corrected chi connectivity index (χ4v) is 3.34. The zero-order valence-electron chi connectivity index (χ0n) is 14.2. The van der Waals surface area contributed by atoms with Gasteiger partial charge in [-0.3, -0.25) is 0 Å². The molecule has 0 unspecified atom stereocenters. The molecule has 0 atom stereocenters. The van der Waals surface area contributed by atoms with Crippen LogP contribution in [0, 0.1) is 0 Å². The predicted molar refractivity (Wildman–Crippen MR) is 101 cm³/mol. The molecule has 1 aromatic carbocycles. The summed E-state index contributed by atoms with van der Waals surface area (Å²) < 4.78 is 13.4. The van der Waals surface area contributed by atoms with E-state index in [0.29, 0.717) is 12.5 Å². The smallest absolute Gasteiger partial charge is 0.236 e. The quantitative estimate of drug-likeness (QED) is 0.449. The molecule has 5 nitrogen and oxygen atoms in total. The summed E-state index contributed by atoms with van der Waals surface area (Å²) in [6.07, 6.45) is 9.42. The average Bonchev–Trinajstić information content (AvgIpc) is 3.42. The standard InChI is InChI=1S/C20H19N3O2S/c1(10-23-11-9-21-15-23)3-16-5-7-18(8-6-16)24-13-17-14-25-20(22-17)19-4-2-12-26-19/h2,4-9,11-12,14-15H,1,3,10,13H2. The molecule has 0 fully saturated rings. The highest BCUT2D eigenvalue weighted by molar-refractivity contribution is 7.13. The Bertz CT molecular complexity index is 913. The molecule has 132 valence electrons. The van der Waals surface area contributed by atoms with Gasteiger partial charge < -0.3 is 13.7 Å². The van der Waals surface area contributed by atoms with E-state index in [9.17, 15) is 0 Å². The minimum Gasteiger partial charge on any atom is -0.487 e. The molecule has 3 aromatic heterocycles. The van der Waals surface area contributed by atoms with Crippen LogP contribution in [0.1, 0.15) is 17.7 Å². The summed E-state index contributed by atoms with van der Waals surface area (Å²) in [7, 11) is 0. The van der Waals surface area contributed by atoms with Crippen LogP contribution in [0.4, 0.5) is 0 Å². The maximum atomic E-state index is 5.81. The van der Waals surface area contributed by atoms with E-state index >= 15 is 0 Å².